The molecule has 2 atom stereocenters. The number of piperidine rings is 1. The van der Waals surface area contributed by atoms with Gasteiger partial charge in [0.1, 0.15) is 0 Å². The number of nitro groups is 1. The molecule has 21 heavy (non-hydrogen) atoms. The van der Waals surface area contributed by atoms with Crippen LogP contribution < -0.4 is 0 Å². The number of benzene rings is 1. The second kappa shape index (κ2) is 6.52. The molecule has 0 radical (unpaired) electrons. The minimum Gasteiger partial charge on any atom is -0.339 e. The van der Waals surface area contributed by atoms with E-state index < -0.39 is 4.92 Å². The Labute approximate surface area is 124 Å². The Kier molecular flexibility index (Phi) is 4.73. The molecule has 0 N–H and O–H groups in total. The predicted octanol–water partition coefficient (Wildman–Crippen LogP) is 3.11. The molecule has 1 aromatic rings. The lowest BCUT2D eigenvalue weighted by Crippen LogP contribution is -2.41. The summed E-state index contributed by atoms with van der Waals surface area (Å²) in [4.78, 5) is 24.5. The Hall–Kier alpha value is -2.17. The molecule has 2 rings (SSSR count). The van der Waals surface area contributed by atoms with Crippen molar-refractivity contribution in [1.82, 2.24) is 4.90 Å². The molecule has 1 heterocycles. The molecule has 0 aliphatic carbocycles. The number of hydrogen-bond acceptors (Lipinski definition) is 3. The molecule has 5 nitrogen and oxygen atoms in total. The highest BCUT2D eigenvalue weighted by atomic mass is 16.6. The fraction of sp³-hybridized carbons (Fsp3) is 0.438. The Morgan fingerprint density at radius 1 is 1.29 bits per heavy atom. The number of carbonyl (C=O) groups is 1. The summed E-state index contributed by atoms with van der Waals surface area (Å²) in [5.74, 6) is 0.917. The van der Waals surface area contributed by atoms with Crippen molar-refractivity contribution in [3.8, 4) is 0 Å². The van der Waals surface area contributed by atoms with Gasteiger partial charge in [0, 0.05) is 25.2 Å². The zero-order valence-corrected chi connectivity index (χ0v) is 12.4. The molecule has 1 amide bonds. The third kappa shape index (κ3) is 3.90. The van der Waals surface area contributed by atoms with Gasteiger partial charge in [-0.15, -0.1) is 0 Å². The molecule has 0 spiro atoms. The maximum atomic E-state index is 12.2. The van der Waals surface area contributed by atoms with Gasteiger partial charge in [-0.05, 0) is 30.4 Å². The van der Waals surface area contributed by atoms with E-state index in [2.05, 4.69) is 13.8 Å². The summed E-state index contributed by atoms with van der Waals surface area (Å²) in [5.41, 5.74) is 0.468. The summed E-state index contributed by atoms with van der Waals surface area (Å²) in [6.07, 6.45) is 4.11. The molecule has 5 heteroatoms. The Morgan fingerprint density at radius 3 is 2.52 bits per heavy atom. The van der Waals surface area contributed by atoms with Crippen LogP contribution in [0.2, 0.25) is 0 Å². The number of likely N-dealkylation sites (tertiary alicyclic amines) is 1. The van der Waals surface area contributed by atoms with Crippen molar-refractivity contribution in [1.29, 1.82) is 0 Å². The average molecular weight is 288 g/mol. The predicted molar refractivity (Wildman–Crippen MR) is 81.7 cm³/mol. The summed E-state index contributed by atoms with van der Waals surface area (Å²) < 4.78 is 0. The highest BCUT2D eigenvalue weighted by molar-refractivity contribution is 5.92. The van der Waals surface area contributed by atoms with Gasteiger partial charge in [0.15, 0.2) is 0 Å². The van der Waals surface area contributed by atoms with E-state index in [0.29, 0.717) is 17.4 Å². The van der Waals surface area contributed by atoms with E-state index in [9.17, 15) is 14.9 Å². The van der Waals surface area contributed by atoms with E-state index in [1.165, 1.54) is 18.2 Å². The van der Waals surface area contributed by atoms with Crippen molar-refractivity contribution >= 4 is 17.7 Å². The Morgan fingerprint density at radius 2 is 1.90 bits per heavy atom. The maximum absolute atomic E-state index is 12.2. The molecule has 0 unspecified atom stereocenters. The lowest BCUT2D eigenvalue weighted by Gasteiger charge is -2.34. The number of nitrogens with zero attached hydrogens (tertiary/aromatic N) is 2. The smallest absolute Gasteiger partial charge is 0.276 e. The first kappa shape index (κ1) is 15.2. The first-order valence-corrected chi connectivity index (χ1v) is 7.17. The number of nitro benzene ring substituents is 1. The highest BCUT2D eigenvalue weighted by Crippen LogP contribution is 2.22. The van der Waals surface area contributed by atoms with Crippen LogP contribution in [0.3, 0.4) is 0 Å². The van der Waals surface area contributed by atoms with E-state index in [0.717, 1.165) is 19.5 Å². The van der Waals surface area contributed by atoms with Gasteiger partial charge in [-0.3, -0.25) is 14.9 Å². The van der Waals surface area contributed by atoms with Crippen LogP contribution in [0.25, 0.3) is 6.08 Å². The SMILES string of the molecule is C[C@@H]1C[C@H](C)CN(C(=O)/C=C/c2ccccc2[N+](=O)[O-])C1. The third-order valence-corrected chi connectivity index (χ3v) is 3.72. The maximum Gasteiger partial charge on any atom is 0.276 e. The largest absolute Gasteiger partial charge is 0.339 e. The second-order valence-corrected chi connectivity index (χ2v) is 5.84. The van der Waals surface area contributed by atoms with Crippen molar-refractivity contribution in [2.75, 3.05) is 13.1 Å². The molecule has 0 bridgehead atoms. The summed E-state index contributed by atoms with van der Waals surface area (Å²) >= 11 is 0. The van der Waals surface area contributed by atoms with Crippen molar-refractivity contribution in [3.63, 3.8) is 0 Å². The summed E-state index contributed by atoms with van der Waals surface area (Å²) in [6.45, 7) is 5.79. The lowest BCUT2D eigenvalue weighted by molar-refractivity contribution is -0.385. The van der Waals surface area contributed by atoms with E-state index in [-0.39, 0.29) is 11.6 Å². The quantitative estimate of drug-likeness (QED) is 0.487. The standard InChI is InChI=1S/C16H20N2O3/c1-12-9-13(2)11-17(10-12)16(19)8-7-14-5-3-4-6-15(14)18(20)21/h3-8,12-13H,9-11H2,1-2H3/b8-7+/t12-,13+. The molecule has 1 aliphatic heterocycles. The van der Waals surface area contributed by atoms with Crippen molar-refractivity contribution < 1.29 is 9.72 Å². The van der Waals surface area contributed by atoms with Gasteiger partial charge < -0.3 is 4.90 Å². The first-order valence-electron chi connectivity index (χ1n) is 7.17. The fourth-order valence-electron chi connectivity index (χ4n) is 2.90. The van der Waals surface area contributed by atoms with Gasteiger partial charge in [0.25, 0.3) is 5.69 Å². The van der Waals surface area contributed by atoms with Crippen LogP contribution in [0.4, 0.5) is 5.69 Å². The summed E-state index contributed by atoms with van der Waals surface area (Å²) in [6, 6.07) is 6.42. The Bertz CT molecular complexity index is 558. The van der Waals surface area contributed by atoms with Gasteiger partial charge in [0.05, 0.1) is 10.5 Å². The van der Waals surface area contributed by atoms with Gasteiger partial charge in [-0.1, -0.05) is 26.0 Å². The molecule has 1 fully saturated rings. The van der Waals surface area contributed by atoms with E-state index >= 15 is 0 Å². The van der Waals surface area contributed by atoms with Crippen LogP contribution in [0.5, 0.6) is 0 Å². The van der Waals surface area contributed by atoms with Crippen molar-refractivity contribution in [2.24, 2.45) is 11.8 Å². The topological polar surface area (TPSA) is 63.5 Å². The van der Waals surface area contributed by atoms with Crippen LogP contribution in [-0.4, -0.2) is 28.8 Å². The van der Waals surface area contributed by atoms with Crippen LogP contribution >= 0.6 is 0 Å². The molecular formula is C16H20N2O3. The van der Waals surface area contributed by atoms with Gasteiger partial charge in [-0.25, -0.2) is 0 Å². The molecule has 1 aliphatic rings. The van der Waals surface area contributed by atoms with Gasteiger partial charge in [0.2, 0.25) is 5.91 Å². The van der Waals surface area contributed by atoms with Crippen LogP contribution in [-0.2, 0) is 4.79 Å². The first-order chi connectivity index (χ1) is 9.97. The lowest BCUT2D eigenvalue weighted by atomic mass is 9.92. The molecule has 1 aromatic carbocycles. The minimum absolute atomic E-state index is 0.0157. The third-order valence-electron chi connectivity index (χ3n) is 3.72. The van der Waals surface area contributed by atoms with E-state index in [1.54, 1.807) is 18.2 Å². The molecule has 0 aromatic heterocycles. The summed E-state index contributed by atoms with van der Waals surface area (Å²) in [7, 11) is 0. The zero-order valence-electron chi connectivity index (χ0n) is 12.4. The van der Waals surface area contributed by atoms with Crippen molar-refractivity contribution in [2.45, 2.75) is 20.3 Å². The summed E-state index contributed by atoms with van der Waals surface area (Å²) in [5, 5.41) is 10.9. The van der Waals surface area contributed by atoms with Gasteiger partial charge >= 0.3 is 0 Å². The molecular weight excluding hydrogens is 268 g/mol. The number of hydrogen-bond donors (Lipinski definition) is 0. The number of carbonyl (C=O) groups excluding carboxylic acids is 1. The number of rotatable bonds is 3. The fourth-order valence-corrected chi connectivity index (χ4v) is 2.90. The molecule has 112 valence electrons. The van der Waals surface area contributed by atoms with Crippen LogP contribution in [0.1, 0.15) is 25.8 Å². The van der Waals surface area contributed by atoms with Gasteiger partial charge in [-0.2, -0.15) is 0 Å². The Balaban J connectivity index is 2.10. The van der Waals surface area contributed by atoms with Crippen LogP contribution in [0, 0.1) is 22.0 Å². The minimum atomic E-state index is -0.435. The number of amides is 1. The number of para-hydroxylation sites is 1. The average Bonchev–Trinajstić information content (AvgIpc) is 2.43. The van der Waals surface area contributed by atoms with E-state index in [4.69, 9.17) is 0 Å². The zero-order chi connectivity index (χ0) is 15.4. The second-order valence-electron chi connectivity index (χ2n) is 5.84. The molecule has 0 saturated carbocycles. The van der Waals surface area contributed by atoms with Crippen LogP contribution in [0.15, 0.2) is 30.3 Å². The normalized spacial score (nSPS) is 22.5. The molecule has 1 saturated heterocycles. The highest BCUT2D eigenvalue weighted by Gasteiger charge is 2.24. The van der Waals surface area contributed by atoms with E-state index in [1.807, 2.05) is 4.90 Å². The van der Waals surface area contributed by atoms with Crippen molar-refractivity contribution in [3.05, 3.63) is 46.0 Å². The monoisotopic (exact) mass is 288 g/mol.